The third-order valence-electron chi connectivity index (χ3n) is 1.66. The van der Waals surface area contributed by atoms with Gasteiger partial charge in [0.1, 0.15) is 6.20 Å². The summed E-state index contributed by atoms with van der Waals surface area (Å²) in [6.45, 7) is 4.20. The van der Waals surface area contributed by atoms with E-state index in [2.05, 4.69) is 19.4 Å². The molecule has 2 atom stereocenters. The van der Waals surface area contributed by atoms with Crippen molar-refractivity contribution < 1.29 is 9.85 Å². The van der Waals surface area contributed by atoms with Gasteiger partial charge in [-0.1, -0.05) is 6.92 Å². The van der Waals surface area contributed by atoms with Gasteiger partial charge in [0.2, 0.25) is 5.88 Å². The van der Waals surface area contributed by atoms with E-state index in [-0.39, 0.29) is 12.4 Å². The Morgan fingerprint density at radius 3 is 2.82 bits per heavy atom. The zero-order valence-electron chi connectivity index (χ0n) is 6.70. The first-order valence-corrected chi connectivity index (χ1v) is 3.46. The summed E-state index contributed by atoms with van der Waals surface area (Å²) in [6, 6.07) is 0.445. The number of rotatable bonds is 2. The Labute approximate surface area is 72.7 Å². The Kier molecular flexibility index (Phi) is 4.25. The number of hydrogen-bond donors (Lipinski definition) is 2. The van der Waals surface area contributed by atoms with Crippen molar-refractivity contribution in [3.63, 3.8) is 0 Å². The number of nitrogens with one attached hydrogen (secondary N) is 1. The van der Waals surface area contributed by atoms with Crippen LogP contribution in [0.15, 0.2) is 12.1 Å². The molecule has 0 amide bonds. The number of nitrogens with zero attached hydrogens (tertiary/aromatic N) is 1. The molecule has 0 aromatic carbocycles. The highest BCUT2D eigenvalue weighted by Crippen LogP contribution is 1.97. The van der Waals surface area contributed by atoms with Crippen molar-refractivity contribution >= 4 is 12.4 Å². The molecular weight excluding hydrogens is 166 g/mol. The molecular formula is C6H14ClN3O. The van der Waals surface area contributed by atoms with Gasteiger partial charge >= 0.3 is 0 Å². The largest absolute Gasteiger partial charge is 0.523 e. The summed E-state index contributed by atoms with van der Waals surface area (Å²) in [5, 5.41) is 0.944. The zero-order chi connectivity index (χ0) is 7.56. The first-order valence-electron chi connectivity index (χ1n) is 3.46. The van der Waals surface area contributed by atoms with E-state index in [0.717, 1.165) is 11.4 Å². The van der Waals surface area contributed by atoms with Crippen molar-refractivity contribution in [1.29, 1.82) is 0 Å². The van der Waals surface area contributed by atoms with Crippen molar-refractivity contribution in [3.8, 4) is 0 Å². The van der Waals surface area contributed by atoms with E-state index >= 15 is 0 Å². The molecule has 0 saturated heterocycles. The summed E-state index contributed by atoms with van der Waals surface area (Å²) in [4.78, 5) is 4.72. The van der Waals surface area contributed by atoms with Crippen LogP contribution in [0.25, 0.3) is 5.59 Å². The van der Waals surface area contributed by atoms with E-state index in [4.69, 9.17) is 10.6 Å². The van der Waals surface area contributed by atoms with Gasteiger partial charge in [0, 0.05) is 0 Å². The summed E-state index contributed by atoms with van der Waals surface area (Å²) in [5.41, 5.74) is 9.13. The van der Waals surface area contributed by atoms with Crippen molar-refractivity contribution in [2.75, 3.05) is 0 Å². The average Bonchev–Trinajstić information content (AvgIpc) is 2.34. The van der Waals surface area contributed by atoms with Crippen LogP contribution in [0.4, 0.5) is 0 Å². The molecule has 3 N–H and O–H groups in total. The minimum atomic E-state index is 0. The van der Waals surface area contributed by atoms with Crippen LogP contribution in [0.2, 0.25) is 0 Å². The maximum Gasteiger partial charge on any atom is 0.227 e. The molecule has 0 bridgehead atoms. The molecule has 0 fully saturated rings. The molecule has 1 aliphatic rings. The van der Waals surface area contributed by atoms with Crippen LogP contribution in [0, 0.1) is 0 Å². The van der Waals surface area contributed by atoms with Crippen LogP contribution in [0.3, 0.4) is 0 Å². The normalized spacial score (nSPS) is 24.9. The molecule has 2 unspecified atom stereocenters. The molecule has 66 valence electrons. The number of halogens is 1. The van der Waals surface area contributed by atoms with E-state index in [1.54, 1.807) is 6.20 Å². The second-order valence-electron chi connectivity index (χ2n) is 2.46. The van der Waals surface area contributed by atoms with Crippen molar-refractivity contribution in [3.05, 3.63) is 17.7 Å². The van der Waals surface area contributed by atoms with Gasteiger partial charge in [-0.3, -0.25) is 5.59 Å². The third kappa shape index (κ3) is 2.57. The maximum absolute atomic E-state index is 5.34. The van der Waals surface area contributed by atoms with Gasteiger partial charge in [-0.05, 0) is 13.3 Å². The Morgan fingerprint density at radius 1 is 1.82 bits per heavy atom. The van der Waals surface area contributed by atoms with Crippen molar-refractivity contribution in [1.82, 2.24) is 0 Å². The minimum Gasteiger partial charge on any atom is -0.523 e. The second-order valence-corrected chi connectivity index (χ2v) is 2.46. The van der Waals surface area contributed by atoms with Gasteiger partial charge < -0.3 is 15.6 Å². The summed E-state index contributed by atoms with van der Waals surface area (Å²) in [6.07, 6.45) is 2.83. The highest BCUT2D eigenvalue weighted by Gasteiger charge is 2.12. The SMILES string of the molecule is CCC(C)[NH+]1C=C(N)O[N-]1.Cl. The fourth-order valence-corrected chi connectivity index (χ4v) is 0.745. The van der Waals surface area contributed by atoms with Gasteiger partial charge in [-0.25, -0.2) is 0 Å². The van der Waals surface area contributed by atoms with E-state index in [1.807, 2.05) is 0 Å². The molecule has 0 saturated carbocycles. The van der Waals surface area contributed by atoms with E-state index in [9.17, 15) is 0 Å². The van der Waals surface area contributed by atoms with Crippen LogP contribution < -0.4 is 10.7 Å². The number of hydrogen-bond acceptors (Lipinski definition) is 2. The summed E-state index contributed by atoms with van der Waals surface area (Å²) in [5.74, 6) is 0.398. The van der Waals surface area contributed by atoms with Gasteiger partial charge in [0.05, 0.1) is 6.04 Å². The summed E-state index contributed by atoms with van der Waals surface area (Å²) >= 11 is 0. The van der Waals surface area contributed by atoms with Gasteiger partial charge in [-0.2, -0.15) is 0 Å². The van der Waals surface area contributed by atoms with Crippen molar-refractivity contribution in [2.45, 2.75) is 26.3 Å². The van der Waals surface area contributed by atoms with Crippen LogP contribution in [0.5, 0.6) is 0 Å². The zero-order valence-corrected chi connectivity index (χ0v) is 7.52. The second kappa shape index (κ2) is 4.43. The Balaban J connectivity index is 0.000001000. The quantitative estimate of drug-likeness (QED) is 0.631. The molecule has 0 aromatic heterocycles. The highest BCUT2D eigenvalue weighted by molar-refractivity contribution is 5.85. The predicted molar refractivity (Wildman–Crippen MR) is 44.7 cm³/mol. The molecule has 0 radical (unpaired) electrons. The fraction of sp³-hybridized carbons (Fsp3) is 0.667. The molecule has 11 heavy (non-hydrogen) atoms. The molecule has 0 spiro atoms. The van der Waals surface area contributed by atoms with Crippen LogP contribution >= 0.6 is 12.4 Å². The third-order valence-corrected chi connectivity index (χ3v) is 1.66. The lowest BCUT2D eigenvalue weighted by atomic mass is 10.2. The van der Waals surface area contributed by atoms with Crippen molar-refractivity contribution in [2.24, 2.45) is 5.73 Å². The first-order chi connectivity index (χ1) is 4.74. The van der Waals surface area contributed by atoms with E-state index in [0.29, 0.717) is 11.9 Å². The molecule has 1 aliphatic heterocycles. The van der Waals surface area contributed by atoms with Crippen LogP contribution in [-0.4, -0.2) is 6.04 Å². The van der Waals surface area contributed by atoms with Crippen LogP contribution in [-0.2, 0) is 4.84 Å². The maximum atomic E-state index is 5.34. The number of quaternary nitrogens is 1. The standard InChI is InChI=1S/C6H13N3O.ClH/c1-3-5(2)9-4-6(7)10-8-9;/h4-5,9H,3,7H2,1-2H3;1H. The molecule has 0 aromatic rings. The van der Waals surface area contributed by atoms with Gasteiger partial charge in [-0.15, -0.1) is 12.4 Å². The lowest BCUT2D eigenvalue weighted by Crippen LogP contribution is -3.05. The van der Waals surface area contributed by atoms with Gasteiger partial charge in [0.15, 0.2) is 0 Å². The summed E-state index contributed by atoms with van der Waals surface area (Å²) in [7, 11) is 0. The predicted octanol–water partition coefficient (Wildman–Crippen LogP) is 0.0831. The molecule has 1 heterocycles. The Bertz CT molecular complexity index is 151. The molecule has 4 nitrogen and oxygen atoms in total. The summed E-state index contributed by atoms with van der Waals surface area (Å²) < 4.78 is 0. The Hall–Kier alpha value is -0.450. The smallest absolute Gasteiger partial charge is 0.227 e. The lowest BCUT2D eigenvalue weighted by Gasteiger charge is -2.24. The lowest BCUT2D eigenvalue weighted by molar-refractivity contribution is -0.840. The Morgan fingerprint density at radius 2 is 2.45 bits per heavy atom. The topological polar surface area (TPSA) is 53.8 Å². The van der Waals surface area contributed by atoms with Gasteiger partial charge in [0.25, 0.3) is 0 Å². The first kappa shape index (κ1) is 10.6. The van der Waals surface area contributed by atoms with E-state index in [1.165, 1.54) is 0 Å². The minimum absolute atomic E-state index is 0. The molecule has 0 aliphatic carbocycles. The number of nitrogens with two attached hydrogens (primary N) is 1. The fourth-order valence-electron chi connectivity index (χ4n) is 0.745. The van der Waals surface area contributed by atoms with E-state index < -0.39 is 0 Å². The van der Waals surface area contributed by atoms with Crippen LogP contribution in [0.1, 0.15) is 20.3 Å². The molecule has 5 heteroatoms. The monoisotopic (exact) mass is 179 g/mol. The average molecular weight is 180 g/mol. The highest BCUT2D eigenvalue weighted by atomic mass is 35.5. The molecule has 1 rings (SSSR count).